The van der Waals surface area contributed by atoms with E-state index in [4.69, 9.17) is 0 Å². The summed E-state index contributed by atoms with van der Waals surface area (Å²) < 4.78 is 49.1. The van der Waals surface area contributed by atoms with Gasteiger partial charge in [0.15, 0.2) is 24.8 Å². The highest BCUT2D eigenvalue weighted by Crippen LogP contribution is 2.31. The number of rotatable bonds is 7. The predicted molar refractivity (Wildman–Crippen MR) is 130 cm³/mol. The quantitative estimate of drug-likeness (QED) is 0.483. The number of benzene rings is 2. The molecule has 0 saturated carbocycles. The lowest BCUT2D eigenvalue weighted by molar-refractivity contribution is -0.131. The Morgan fingerprint density at radius 3 is 2.36 bits per heavy atom. The molecule has 1 aromatic heterocycles. The average molecular weight is 508 g/mol. The van der Waals surface area contributed by atoms with Gasteiger partial charge >= 0.3 is 0 Å². The molecule has 2 heterocycles. The lowest BCUT2D eigenvalue weighted by atomic mass is 10.2. The van der Waals surface area contributed by atoms with E-state index >= 15 is 0 Å². The lowest BCUT2D eigenvalue weighted by Gasteiger charge is -2.34. The molecule has 0 spiro atoms. The van der Waals surface area contributed by atoms with Gasteiger partial charge in [-0.1, -0.05) is 41.7 Å². The van der Waals surface area contributed by atoms with Gasteiger partial charge in [0.05, 0.1) is 26.6 Å². The summed E-state index contributed by atoms with van der Waals surface area (Å²) in [5.74, 6) is -0.386. The van der Waals surface area contributed by atoms with Crippen molar-refractivity contribution in [1.29, 1.82) is 0 Å². The van der Waals surface area contributed by atoms with E-state index in [0.29, 0.717) is 26.2 Å². The number of carbonyl (C=O) groups excluding carboxylic acids is 1. The number of anilines is 1. The Bertz CT molecular complexity index is 1360. The first kappa shape index (κ1) is 23.7. The maximum absolute atomic E-state index is 12.6. The first-order valence-corrected chi connectivity index (χ1v) is 15.0. The van der Waals surface area contributed by atoms with Crippen LogP contribution in [0.2, 0.25) is 0 Å². The standard InChI is InChI=1S/C22H25N3O5S3/c1-32(27,28)18-7-8-19-20(15-18)31-22(23-19)25-12-10-24(11-13-25)21(26)9-14-33(29,30)16-17-5-3-2-4-6-17/h2-8,15H,9-14,16H2,1H3. The molecule has 3 aromatic rings. The minimum Gasteiger partial charge on any atom is -0.345 e. The van der Waals surface area contributed by atoms with Crippen molar-refractivity contribution in [3.05, 3.63) is 54.1 Å². The van der Waals surface area contributed by atoms with Crippen molar-refractivity contribution in [1.82, 2.24) is 9.88 Å². The Balaban J connectivity index is 1.32. The van der Waals surface area contributed by atoms with Crippen molar-refractivity contribution in [2.75, 3.05) is 43.1 Å². The number of hydrogen-bond acceptors (Lipinski definition) is 8. The Kier molecular flexibility index (Phi) is 6.73. The van der Waals surface area contributed by atoms with Gasteiger partial charge in [-0.3, -0.25) is 4.79 Å². The zero-order valence-electron chi connectivity index (χ0n) is 18.2. The summed E-state index contributed by atoms with van der Waals surface area (Å²) >= 11 is 1.43. The van der Waals surface area contributed by atoms with Crippen molar-refractivity contribution < 1.29 is 21.6 Å². The normalized spacial score (nSPS) is 15.2. The smallest absolute Gasteiger partial charge is 0.223 e. The van der Waals surface area contributed by atoms with Gasteiger partial charge in [-0.05, 0) is 23.8 Å². The van der Waals surface area contributed by atoms with E-state index in [1.165, 1.54) is 17.6 Å². The molecule has 33 heavy (non-hydrogen) atoms. The minimum atomic E-state index is -3.36. The fraction of sp³-hybridized carbons (Fsp3) is 0.364. The maximum atomic E-state index is 12.6. The second-order valence-electron chi connectivity index (χ2n) is 8.09. The van der Waals surface area contributed by atoms with Crippen molar-refractivity contribution in [3.8, 4) is 0 Å². The van der Waals surface area contributed by atoms with Crippen molar-refractivity contribution in [2.24, 2.45) is 0 Å². The number of carbonyl (C=O) groups is 1. The van der Waals surface area contributed by atoms with E-state index in [1.54, 1.807) is 47.4 Å². The summed E-state index contributed by atoms with van der Waals surface area (Å²) in [7, 11) is -6.64. The Labute approximate surface area is 197 Å². The third-order valence-corrected chi connectivity index (χ3v) is 9.32. The summed E-state index contributed by atoms with van der Waals surface area (Å²) in [5, 5.41) is 0.785. The van der Waals surface area contributed by atoms with Gasteiger partial charge in [0, 0.05) is 38.9 Å². The van der Waals surface area contributed by atoms with Crippen LogP contribution in [0.1, 0.15) is 12.0 Å². The number of thiazole rings is 1. The van der Waals surface area contributed by atoms with Crippen LogP contribution in [0.4, 0.5) is 5.13 Å². The second-order valence-corrected chi connectivity index (χ2v) is 13.3. The van der Waals surface area contributed by atoms with E-state index < -0.39 is 19.7 Å². The fourth-order valence-corrected chi connectivity index (χ4v) is 6.82. The summed E-state index contributed by atoms with van der Waals surface area (Å²) in [6, 6.07) is 13.9. The van der Waals surface area contributed by atoms with Crippen LogP contribution in [0.3, 0.4) is 0 Å². The highest BCUT2D eigenvalue weighted by Gasteiger charge is 2.24. The van der Waals surface area contributed by atoms with Crippen LogP contribution in [0.15, 0.2) is 53.4 Å². The third kappa shape index (κ3) is 5.90. The Morgan fingerprint density at radius 2 is 1.70 bits per heavy atom. The van der Waals surface area contributed by atoms with E-state index in [9.17, 15) is 21.6 Å². The van der Waals surface area contributed by atoms with Gasteiger partial charge in [-0.2, -0.15) is 0 Å². The molecule has 0 aliphatic carbocycles. The number of aromatic nitrogens is 1. The molecule has 8 nitrogen and oxygen atoms in total. The zero-order chi connectivity index (χ0) is 23.6. The number of amides is 1. The number of hydrogen-bond donors (Lipinski definition) is 0. The van der Waals surface area contributed by atoms with E-state index in [2.05, 4.69) is 9.88 Å². The third-order valence-electron chi connectivity index (χ3n) is 5.54. The van der Waals surface area contributed by atoms with Crippen molar-refractivity contribution >= 4 is 52.3 Å². The molecule has 1 saturated heterocycles. The van der Waals surface area contributed by atoms with Gasteiger partial charge in [0.1, 0.15) is 0 Å². The molecule has 1 amide bonds. The lowest BCUT2D eigenvalue weighted by Crippen LogP contribution is -2.49. The van der Waals surface area contributed by atoms with Gasteiger partial charge in [0.25, 0.3) is 0 Å². The molecule has 176 valence electrons. The molecular weight excluding hydrogens is 482 g/mol. The average Bonchev–Trinajstić information content (AvgIpc) is 3.21. The van der Waals surface area contributed by atoms with Crippen LogP contribution in [-0.2, 0) is 30.2 Å². The maximum Gasteiger partial charge on any atom is 0.223 e. The summed E-state index contributed by atoms with van der Waals surface area (Å²) in [5.41, 5.74) is 1.46. The molecule has 0 atom stereocenters. The van der Waals surface area contributed by atoms with Crippen LogP contribution in [0, 0.1) is 0 Å². The van der Waals surface area contributed by atoms with E-state index in [0.717, 1.165) is 20.9 Å². The number of piperazine rings is 1. The molecule has 0 unspecified atom stereocenters. The number of fused-ring (bicyclic) bond motifs is 1. The minimum absolute atomic E-state index is 0.0232. The van der Waals surface area contributed by atoms with Crippen LogP contribution in [0.5, 0.6) is 0 Å². The Hall–Kier alpha value is -2.50. The molecule has 0 N–H and O–H groups in total. The SMILES string of the molecule is CS(=O)(=O)c1ccc2nc(N3CCN(C(=O)CCS(=O)(=O)Cc4ccccc4)CC3)sc2c1. The Morgan fingerprint density at radius 1 is 1.00 bits per heavy atom. The molecule has 1 aliphatic rings. The van der Waals surface area contributed by atoms with Gasteiger partial charge in [-0.25, -0.2) is 21.8 Å². The fourth-order valence-electron chi connectivity index (χ4n) is 3.71. The second kappa shape index (κ2) is 9.40. The van der Waals surface area contributed by atoms with Crippen LogP contribution < -0.4 is 4.90 Å². The van der Waals surface area contributed by atoms with Gasteiger partial charge < -0.3 is 9.80 Å². The molecule has 0 bridgehead atoms. The van der Waals surface area contributed by atoms with Crippen LogP contribution in [-0.4, -0.2) is 70.8 Å². The first-order chi connectivity index (χ1) is 15.6. The molecule has 4 rings (SSSR count). The molecular formula is C22H25N3O5S3. The number of nitrogens with zero attached hydrogens (tertiary/aromatic N) is 3. The summed E-state index contributed by atoms with van der Waals surface area (Å²) in [6.45, 7) is 2.15. The van der Waals surface area contributed by atoms with Gasteiger partial charge in [-0.15, -0.1) is 0 Å². The van der Waals surface area contributed by atoms with E-state index in [-0.39, 0.29) is 28.7 Å². The number of sulfone groups is 2. The zero-order valence-corrected chi connectivity index (χ0v) is 20.6. The molecule has 2 aromatic carbocycles. The molecule has 11 heteroatoms. The van der Waals surface area contributed by atoms with Gasteiger partial charge in [0.2, 0.25) is 5.91 Å². The monoisotopic (exact) mass is 507 g/mol. The molecule has 0 radical (unpaired) electrons. The summed E-state index contributed by atoms with van der Waals surface area (Å²) in [4.78, 5) is 21.2. The van der Waals surface area contributed by atoms with Crippen molar-refractivity contribution in [3.63, 3.8) is 0 Å². The molecule has 1 fully saturated rings. The predicted octanol–water partition coefficient (Wildman–Crippen LogP) is 2.35. The van der Waals surface area contributed by atoms with Crippen LogP contribution >= 0.6 is 11.3 Å². The first-order valence-electron chi connectivity index (χ1n) is 10.5. The topological polar surface area (TPSA) is 105 Å². The highest BCUT2D eigenvalue weighted by atomic mass is 32.2. The largest absolute Gasteiger partial charge is 0.345 e. The van der Waals surface area contributed by atoms with Crippen molar-refractivity contribution in [2.45, 2.75) is 17.1 Å². The van der Waals surface area contributed by atoms with Crippen LogP contribution in [0.25, 0.3) is 10.2 Å². The molecule has 1 aliphatic heterocycles. The summed E-state index contributed by atoms with van der Waals surface area (Å²) in [6.07, 6.45) is 1.16. The van der Waals surface area contributed by atoms with E-state index in [1.807, 2.05) is 6.07 Å². The highest BCUT2D eigenvalue weighted by molar-refractivity contribution is 7.91.